The molecule has 1 unspecified atom stereocenters. The van der Waals surface area contributed by atoms with E-state index in [1.807, 2.05) is 11.8 Å². The molecule has 0 saturated heterocycles. The summed E-state index contributed by atoms with van der Waals surface area (Å²) in [7, 11) is 0. The van der Waals surface area contributed by atoms with Crippen LogP contribution < -0.4 is 5.73 Å². The van der Waals surface area contributed by atoms with E-state index >= 15 is 0 Å². The third-order valence-electron chi connectivity index (χ3n) is 7.78. The molecule has 2 fully saturated rings. The maximum absolute atomic E-state index is 13.9. The van der Waals surface area contributed by atoms with Gasteiger partial charge in [-0.15, -0.1) is 0 Å². The average Bonchev–Trinajstić information content (AvgIpc) is 2.73. The van der Waals surface area contributed by atoms with Gasteiger partial charge in [-0.25, -0.2) is 0 Å². The molecule has 32 heavy (non-hydrogen) atoms. The van der Waals surface area contributed by atoms with Crippen molar-refractivity contribution in [2.45, 2.75) is 135 Å². The quantitative estimate of drug-likeness (QED) is 0.191. The van der Waals surface area contributed by atoms with Gasteiger partial charge in [-0.2, -0.15) is 12.6 Å². The molecule has 2 aliphatic rings. The van der Waals surface area contributed by atoms with E-state index in [-0.39, 0.29) is 23.2 Å². The standard InChI is InChI=1S/C26H50N4OS/c1-7-29(21-11-9-8-10-12-21)23(27)24(31)30(26(6,28)18-17-25(3,4)5)22-15-13-20(14-16-22)19(2)32/h19-22,27,32H,7-18,28H2,1-6H3/t19?,20?,22?,26-/m0/s1. The summed E-state index contributed by atoms with van der Waals surface area (Å²) in [4.78, 5) is 17.9. The molecule has 0 radical (unpaired) electrons. The monoisotopic (exact) mass is 466 g/mol. The topological polar surface area (TPSA) is 73.4 Å². The molecule has 3 N–H and O–H groups in total. The number of nitrogens with one attached hydrogen (secondary N) is 1. The van der Waals surface area contributed by atoms with Crippen LogP contribution in [0.25, 0.3) is 0 Å². The highest BCUT2D eigenvalue weighted by Crippen LogP contribution is 2.36. The number of amidine groups is 1. The molecule has 6 heteroatoms. The normalized spacial score (nSPS) is 25.6. The Hall–Kier alpha value is -0.750. The SMILES string of the molecule is CCN(C(=N)C(=O)N(C1CCC(C(C)S)CC1)[C@](C)(N)CCC(C)(C)C)C1CCCCC1. The number of nitrogens with two attached hydrogens (primary N) is 1. The second-order valence-electron chi connectivity index (χ2n) is 11.8. The van der Waals surface area contributed by atoms with Crippen LogP contribution in [0.15, 0.2) is 0 Å². The Bertz CT molecular complexity index is 614. The predicted octanol–water partition coefficient (Wildman–Crippen LogP) is 5.83. The smallest absolute Gasteiger partial charge is 0.290 e. The maximum Gasteiger partial charge on any atom is 0.290 e. The first-order valence-corrected chi connectivity index (χ1v) is 13.5. The summed E-state index contributed by atoms with van der Waals surface area (Å²) >= 11 is 4.67. The summed E-state index contributed by atoms with van der Waals surface area (Å²) in [5.41, 5.74) is 6.32. The maximum atomic E-state index is 13.9. The zero-order chi connectivity index (χ0) is 24.1. The van der Waals surface area contributed by atoms with Gasteiger partial charge in [-0.1, -0.05) is 47.0 Å². The van der Waals surface area contributed by atoms with Crippen LogP contribution in [0, 0.1) is 16.7 Å². The Labute approximate surface area is 203 Å². The van der Waals surface area contributed by atoms with Crippen molar-refractivity contribution in [1.29, 1.82) is 5.41 Å². The molecular formula is C26H50N4OS. The summed E-state index contributed by atoms with van der Waals surface area (Å²) in [6, 6.07) is 0.414. The Morgan fingerprint density at radius 1 is 1.00 bits per heavy atom. The highest BCUT2D eigenvalue weighted by molar-refractivity contribution is 7.80. The van der Waals surface area contributed by atoms with E-state index in [0.717, 1.165) is 51.4 Å². The van der Waals surface area contributed by atoms with Crippen molar-refractivity contribution >= 4 is 24.4 Å². The second-order valence-corrected chi connectivity index (χ2v) is 12.6. The molecule has 0 aromatic heterocycles. The van der Waals surface area contributed by atoms with Crippen molar-refractivity contribution in [3.63, 3.8) is 0 Å². The first kappa shape index (κ1) is 27.5. The van der Waals surface area contributed by atoms with Gasteiger partial charge >= 0.3 is 0 Å². The van der Waals surface area contributed by atoms with Crippen LogP contribution >= 0.6 is 12.6 Å². The van der Waals surface area contributed by atoms with Gasteiger partial charge in [0.05, 0.1) is 5.66 Å². The van der Waals surface area contributed by atoms with Gasteiger partial charge in [-0.05, 0) is 76.5 Å². The second kappa shape index (κ2) is 11.6. The largest absolute Gasteiger partial charge is 0.350 e. The number of hydrogen-bond donors (Lipinski definition) is 3. The third-order valence-corrected chi connectivity index (χ3v) is 8.21. The molecule has 2 rings (SSSR count). The predicted molar refractivity (Wildman–Crippen MR) is 139 cm³/mol. The van der Waals surface area contributed by atoms with Crippen LogP contribution in [-0.4, -0.2) is 51.1 Å². The minimum absolute atomic E-state index is 0.103. The minimum atomic E-state index is -0.757. The molecular weight excluding hydrogens is 416 g/mol. The van der Waals surface area contributed by atoms with Crippen LogP contribution in [0.3, 0.4) is 0 Å². The highest BCUT2D eigenvalue weighted by atomic mass is 32.1. The van der Waals surface area contributed by atoms with Crippen molar-refractivity contribution in [3.8, 4) is 0 Å². The Balaban J connectivity index is 2.25. The molecule has 0 heterocycles. The lowest BCUT2D eigenvalue weighted by atomic mass is 9.81. The number of hydrogen-bond acceptors (Lipinski definition) is 4. The molecule has 2 saturated carbocycles. The van der Waals surface area contributed by atoms with Crippen molar-refractivity contribution in [2.75, 3.05) is 6.54 Å². The Morgan fingerprint density at radius 2 is 1.56 bits per heavy atom. The first-order valence-electron chi connectivity index (χ1n) is 13.0. The number of likely N-dealkylation sites (N-methyl/N-ethyl adjacent to an activating group) is 1. The van der Waals surface area contributed by atoms with Crippen molar-refractivity contribution < 1.29 is 4.79 Å². The molecule has 2 aliphatic carbocycles. The van der Waals surface area contributed by atoms with Crippen LogP contribution in [0.4, 0.5) is 0 Å². The Morgan fingerprint density at radius 3 is 2.03 bits per heavy atom. The fraction of sp³-hybridized carbons (Fsp3) is 0.923. The molecule has 5 nitrogen and oxygen atoms in total. The minimum Gasteiger partial charge on any atom is -0.350 e. The Kier molecular flexibility index (Phi) is 9.96. The highest BCUT2D eigenvalue weighted by Gasteiger charge is 2.42. The van der Waals surface area contributed by atoms with Crippen LogP contribution in [0.2, 0.25) is 0 Å². The molecule has 0 bridgehead atoms. The van der Waals surface area contributed by atoms with Gasteiger partial charge in [-0.3, -0.25) is 10.2 Å². The number of thiol groups is 1. The van der Waals surface area contributed by atoms with Gasteiger partial charge in [0.25, 0.3) is 5.91 Å². The number of nitrogens with zero attached hydrogens (tertiary/aromatic N) is 2. The average molecular weight is 467 g/mol. The van der Waals surface area contributed by atoms with Crippen molar-refractivity contribution in [2.24, 2.45) is 17.1 Å². The van der Waals surface area contributed by atoms with Gasteiger partial charge in [0.1, 0.15) is 0 Å². The zero-order valence-electron chi connectivity index (χ0n) is 21.6. The van der Waals surface area contributed by atoms with E-state index < -0.39 is 5.66 Å². The lowest BCUT2D eigenvalue weighted by Crippen LogP contribution is -2.64. The first-order chi connectivity index (χ1) is 14.9. The third kappa shape index (κ3) is 7.38. The number of amides is 1. The molecule has 186 valence electrons. The van der Waals surface area contributed by atoms with Gasteiger partial charge in [0.2, 0.25) is 0 Å². The van der Waals surface area contributed by atoms with E-state index in [2.05, 4.69) is 52.1 Å². The van der Waals surface area contributed by atoms with E-state index in [1.54, 1.807) is 0 Å². The summed E-state index contributed by atoms with van der Waals surface area (Å²) < 4.78 is 0. The number of carbonyl (C=O) groups is 1. The number of rotatable bonds is 7. The van der Waals surface area contributed by atoms with Gasteiger partial charge in [0.15, 0.2) is 5.84 Å². The molecule has 0 spiro atoms. The van der Waals surface area contributed by atoms with Crippen molar-refractivity contribution in [1.82, 2.24) is 9.80 Å². The fourth-order valence-electron chi connectivity index (χ4n) is 5.63. The van der Waals surface area contributed by atoms with E-state index in [9.17, 15) is 4.79 Å². The summed E-state index contributed by atoms with van der Waals surface area (Å²) in [5.74, 6) is 0.578. The molecule has 2 atom stereocenters. The fourth-order valence-corrected chi connectivity index (χ4v) is 5.93. The van der Waals surface area contributed by atoms with E-state index in [0.29, 0.717) is 23.8 Å². The van der Waals surface area contributed by atoms with Gasteiger partial charge < -0.3 is 15.5 Å². The van der Waals surface area contributed by atoms with Crippen molar-refractivity contribution in [3.05, 3.63) is 0 Å². The lowest BCUT2D eigenvalue weighted by Gasteiger charge is -2.48. The zero-order valence-corrected chi connectivity index (χ0v) is 22.5. The lowest BCUT2D eigenvalue weighted by molar-refractivity contribution is -0.136. The molecule has 0 aromatic carbocycles. The van der Waals surface area contributed by atoms with Gasteiger partial charge in [0, 0.05) is 23.9 Å². The van der Waals surface area contributed by atoms with E-state index in [1.165, 1.54) is 19.3 Å². The molecule has 0 aliphatic heterocycles. The van der Waals surface area contributed by atoms with Crippen LogP contribution in [-0.2, 0) is 4.79 Å². The van der Waals surface area contributed by atoms with Crippen LogP contribution in [0.5, 0.6) is 0 Å². The van der Waals surface area contributed by atoms with Crippen LogP contribution in [0.1, 0.15) is 112 Å². The molecule has 1 amide bonds. The number of carbonyl (C=O) groups excluding carboxylic acids is 1. The van der Waals surface area contributed by atoms with E-state index in [4.69, 9.17) is 11.1 Å². The summed E-state index contributed by atoms with van der Waals surface area (Å²) in [6.07, 6.45) is 11.5. The molecule has 0 aromatic rings. The summed E-state index contributed by atoms with van der Waals surface area (Å²) in [6.45, 7) is 13.6. The summed E-state index contributed by atoms with van der Waals surface area (Å²) in [5, 5.41) is 9.33.